The van der Waals surface area contributed by atoms with Crippen molar-refractivity contribution in [3.05, 3.63) is 0 Å². The maximum atomic E-state index is 5.58. The maximum Gasteiger partial charge on any atom is 0.191 e. The van der Waals surface area contributed by atoms with Gasteiger partial charge in [0.2, 0.25) is 0 Å². The summed E-state index contributed by atoms with van der Waals surface area (Å²) in [7, 11) is 0. The van der Waals surface area contributed by atoms with Crippen molar-refractivity contribution in [3.63, 3.8) is 0 Å². The summed E-state index contributed by atoms with van der Waals surface area (Å²) in [5, 5.41) is 6.72. The Morgan fingerprint density at radius 2 is 1.75 bits per heavy atom. The minimum atomic E-state index is 0. The van der Waals surface area contributed by atoms with Gasteiger partial charge >= 0.3 is 0 Å². The molecular formula is C18H41IN4O. The average Bonchev–Trinajstić information content (AvgIpc) is 2.53. The lowest BCUT2D eigenvalue weighted by molar-refractivity contribution is 0.109. The Hall–Kier alpha value is -0.0800. The van der Waals surface area contributed by atoms with Gasteiger partial charge in [0.25, 0.3) is 0 Å². The van der Waals surface area contributed by atoms with Crippen molar-refractivity contribution < 1.29 is 4.74 Å². The lowest BCUT2D eigenvalue weighted by Gasteiger charge is -2.18. The molecule has 0 rings (SSSR count). The zero-order valence-corrected chi connectivity index (χ0v) is 18.9. The van der Waals surface area contributed by atoms with Crippen molar-refractivity contribution >= 4 is 29.9 Å². The number of ether oxygens (including phenoxy) is 1. The largest absolute Gasteiger partial charge is 0.381 e. The fraction of sp³-hybridized carbons (Fsp3) is 0.944. The highest BCUT2D eigenvalue weighted by Gasteiger charge is 2.00. The molecule has 0 aromatic carbocycles. The van der Waals surface area contributed by atoms with Gasteiger partial charge in [-0.2, -0.15) is 0 Å². The van der Waals surface area contributed by atoms with E-state index in [1.807, 2.05) is 0 Å². The summed E-state index contributed by atoms with van der Waals surface area (Å²) >= 11 is 0. The third kappa shape index (κ3) is 16.8. The van der Waals surface area contributed by atoms with Crippen LogP contribution in [-0.2, 0) is 4.74 Å². The van der Waals surface area contributed by atoms with Crippen LogP contribution in [-0.4, -0.2) is 63.3 Å². The zero-order valence-electron chi connectivity index (χ0n) is 16.6. The molecule has 0 saturated carbocycles. The van der Waals surface area contributed by atoms with Gasteiger partial charge in [-0.25, -0.2) is 0 Å². The minimum Gasteiger partial charge on any atom is -0.381 e. The fourth-order valence-electron chi connectivity index (χ4n) is 2.23. The Balaban J connectivity index is 0. The quantitative estimate of drug-likeness (QED) is 0.182. The summed E-state index contributed by atoms with van der Waals surface area (Å²) in [5.74, 6) is 1.54. The molecule has 0 radical (unpaired) electrons. The smallest absolute Gasteiger partial charge is 0.191 e. The first kappa shape index (κ1) is 26.2. The van der Waals surface area contributed by atoms with Crippen molar-refractivity contribution in [2.45, 2.75) is 53.9 Å². The summed E-state index contributed by atoms with van der Waals surface area (Å²) in [6, 6.07) is 0. The molecule has 6 heteroatoms. The second kappa shape index (κ2) is 19.2. The predicted octanol–water partition coefficient (Wildman–Crippen LogP) is 3.34. The second-order valence-corrected chi connectivity index (χ2v) is 6.24. The SMILES string of the molecule is CCNC(=NCCCOCC(C)C)NCCCCN(CC)CC.I. The molecule has 5 nitrogen and oxygen atoms in total. The topological polar surface area (TPSA) is 48.9 Å². The van der Waals surface area contributed by atoms with Crippen LogP contribution in [0.1, 0.15) is 53.9 Å². The summed E-state index contributed by atoms with van der Waals surface area (Å²) < 4.78 is 5.58. The molecule has 0 aliphatic carbocycles. The van der Waals surface area contributed by atoms with Crippen LogP contribution in [0.3, 0.4) is 0 Å². The molecule has 0 fully saturated rings. The van der Waals surface area contributed by atoms with Crippen LogP contribution in [0.2, 0.25) is 0 Å². The van der Waals surface area contributed by atoms with Crippen LogP contribution in [0.4, 0.5) is 0 Å². The Morgan fingerprint density at radius 1 is 1.04 bits per heavy atom. The van der Waals surface area contributed by atoms with Crippen molar-refractivity contribution in [2.75, 3.05) is 52.5 Å². The molecular weight excluding hydrogens is 415 g/mol. The summed E-state index contributed by atoms with van der Waals surface area (Å²) in [6.07, 6.45) is 3.39. The number of nitrogens with one attached hydrogen (secondary N) is 2. The van der Waals surface area contributed by atoms with Gasteiger partial charge in [0.1, 0.15) is 0 Å². The van der Waals surface area contributed by atoms with E-state index in [9.17, 15) is 0 Å². The first-order chi connectivity index (χ1) is 11.1. The van der Waals surface area contributed by atoms with Crippen molar-refractivity contribution in [2.24, 2.45) is 10.9 Å². The maximum absolute atomic E-state index is 5.58. The lowest BCUT2D eigenvalue weighted by Crippen LogP contribution is -2.38. The number of rotatable bonds is 14. The van der Waals surface area contributed by atoms with Crippen molar-refractivity contribution in [1.82, 2.24) is 15.5 Å². The average molecular weight is 456 g/mol. The normalized spacial score (nSPS) is 11.7. The van der Waals surface area contributed by atoms with Gasteiger partial charge < -0.3 is 20.3 Å². The number of aliphatic imine (C=N–C) groups is 1. The van der Waals surface area contributed by atoms with Crippen LogP contribution in [0.25, 0.3) is 0 Å². The van der Waals surface area contributed by atoms with E-state index in [0.717, 1.165) is 58.3 Å². The lowest BCUT2D eigenvalue weighted by atomic mass is 10.2. The van der Waals surface area contributed by atoms with E-state index >= 15 is 0 Å². The molecule has 146 valence electrons. The van der Waals surface area contributed by atoms with E-state index in [1.54, 1.807) is 0 Å². The molecule has 24 heavy (non-hydrogen) atoms. The van der Waals surface area contributed by atoms with Crippen LogP contribution >= 0.6 is 24.0 Å². The van der Waals surface area contributed by atoms with Gasteiger partial charge in [-0.1, -0.05) is 27.7 Å². The van der Waals surface area contributed by atoms with E-state index in [-0.39, 0.29) is 24.0 Å². The number of halogens is 1. The highest BCUT2D eigenvalue weighted by Crippen LogP contribution is 1.95. The molecule has 0 unspecified atom stereocenters. The van der Waals surface area contributed by atoms with Gasteiger partial charge in [-0.3, -0.25) is 4.99 Å². The Labute approximate surface area is 167 Å². The molecule has 0 heterocycles. The van der Waals surface area contributed by atoms with Crippen LogP contribution in [0, 0.1) is 5.92 Å². The summed E-state index contributed by atoms with van der Waals surface area (Å²) in [6.45, 7) is 18.7. The van der Waals surface area contributed by atoms with E-state index in [4.69, 9.17) is 4.74 Å². The van der Waals surface area contributed by atoms with E-state index in [1.165, 1.54) is 19.4 Å². The van der Waals surface area contributed by atoms with Crippen LogP contribution < -0.4 is 10.6 Å². The van der Waals surface area contributed by atoms with Crippen molar-refractivity contribution in [3.8, 4) is 0 Å². The van der Waals surface area contributed by atoms with Gasteiger partial charge in [0.05, 0.1) is 0 Å². The predicted molar refractivity (Wildman–Crippen MR) is 117 cm³/mol. The Bertz CT molecular complexity index is 284. The number of unbranched alkanes of at least 4 members (excludes halogenated alkanes) is 1. The van der Waals surface area contributed by atoms with Crippen LogP contribution in [0.5, 0.6) is 0 Å². The molecule has 0 bridgehead atoms. The van der Waals surface area contributed by atoms with Gasteiger partial charge in [0, 0.05) is 32.8 Å². The standard InChI is InChI=1S/C18H40N4O.HI/c1-6-19-18(21-13-11-15-23-16-17(4)5)20-12-9-10-14-22(7-2)8-3;/h17H,6-16H2,1-5H3,(H2,19,20,21);1H. The molecule has 0 aliphatic rings. The zero-order chi connectivity index (χ0) is 17.3. The number of hydrogen-bond acceptors (Lipinski definition) is 3. The van der Waals surface area contributed by atoms with Gasteiger partial charge in [-0.05, 0) is 51.7 Å². The Kier molecular flexibility index (Phi) is 21.0. The molecule has 0 aliphatic heterocycles. The van der Waals surface area contributed by atoms with Gasteiger partial charge in [0.15, 0.2) is 5.96 Å². The molecule has 0 aromatic rings. The van der Waals surface area contributed by atoms with E-state index in [0.29, 0.717) is 5.92 Å². The summed E-state index contributed by atoms with van der Waals surface area (Å²) in [4.78, 5) is 7.07. The fourth-order valence-corrected chi connectivity index (χ4v) is 2.23. The molecule has 0 aromatic heterocycles. The minimum absolute atomic E-state index is 0. The number of guanidine groups is 1. The monoisotopic (exact) mass is 456 g/mol. The third-order valence-electron chi connectivity index (χ3n) is 3.60. The van der Waals surface area contributed by atoms with E-state index in [2.05, 4.69) is 55.1 Å². The summed E-state index contributed by atoms with van der Waals surface area (Å²) in [5.41, 5.74) is 0. The first-order valence-electron chi connectivity index (χ1n) is 9.46. The molecule has 0 amide bonds. The van der Waals surface area contributed by atoms with Gasteiger partial charge in [-0.15, -0.1) is 24.0 Å². The third-order valence-corrected chi connectivity index (χ3v) is 3.60. The molecule has 0 saturated heterocycles. The first-order valence-corrected chi connectivity index (χ1v) is 9.46. The van der Waals surface area contributed by atoms with Crippen molar-refractivity contribution in [1.29, 1.82) is 0 Å². The number of nitrogens with zero attached hydrogens (tertiary/aromatic N) is 2. The Morgan fingerprint density at radius 3 is 2.33 bits per heavy atom. The molecule has 0 spiro atoms. The highest BCUT2D eigenvalue weighted by molar-refractivity contribution is 14.0. The number of hydrogen-bond donors (Lipinski definition) is 2. The van der Waals surface area contributed by atoms with Crippen LogP contribution in [0.15, 0.2) is 4.99 Å². The van der Waals surface area contributed by atoms with E-state index < -0.39 is 0 Å². The highest BCUT2D eigenvalue weighted by atomic mass is 127. The second-order valence-electron chi connectivity index (χ2n) is 6.24. The molecule has 2 N–H and O–H groups in total. The molecule has 0 atom stereocenters.